The molecule has 1 heterocycles. The van der Waals surface area contributed by atoms with Gasteiger partial charge < -0.3 is 20.3 Å². The van der Waals surface area contributed by atoms with Gasteiger partial charge in [0.15, 0.2) is 0 Å². The molecule has 2 amide bonds. The average molecular weight is 373 g/mol. The van der Waals surface area contributed by atoms with Crippen molar-refractivity contribution in [2.24, 2.45) is 11.8 Å². The summed E-state index contributed by atoms with van der Waals surface area (Å²) in [4.78, 5) is 27.0. The third kappa shape index (κ3) is 4.80. The second-order valence-electron chi connectivity index (χ2n) is 7.49. The van der Waals surface area contributed by atoms with Crippen LogP contribution in [0.5, 0.6) is 0 Å². The van der Waals surface area contributed by atoms with E-state index < -0.39 is 0 Å². The quantitative estimate of drug-likeness (QED) is 0.735. The number of carbonyl (C=O) groups excluding carboxylic acids is 2. The van der Waals surface area contributed by atoms with E-state index in [1.54, 1.807) is 0 Å². The molecule has 1 aliphatic heterocycles. The molecule has 3 rings (SSSR count). The zero-order chi connectivity index (χ0) is 19.4. The number of amides is 2. The fourth-order valence-corrected chi connectivity index (χ4v) is 3.72. The molecule has 2 fully saturated rings. The van der Waals surface area contributed by atoms with Gasteiger partial charge in [0.05, 0.1) is 17.9 Å². The largest absolute Gasteiger partial charge is 0.376 e. The number of rotatable bonds is 8. The van der Waals surface area contributed by atoms with Crippen LogP contribution in [0.3, 0.4) is 0 Å². The number of carbonyl (C=O) groups is 2. The molecule has 0 bridgehead atoms. The Hall–Kier alpha value is -2.08. The Morgan fingerprint density at radius 2 is 1.93 bits per heavy atom. The first-order valence-corrected chi connectivity index (χ1v) is 10.1. The number of nitrogens with zero attached hydrogens (tertiary/aromatic N) is 1. The Morgan fingerprint density at radius 1 is 1.19 bits per heavy atom. The van der Waals surface area contributed by atoms with Crippen molar-refractivity contribution in [2.45, 2.75) is 46.1 Å². The summed E-state index contributed by atoms with van der Waals surface area (Å²) in [5.41, 5.74) is 3.02. The highest BCUT2D eigenvalue weighted by atomic mass is 16.5. The molecule has 0 aromatic heterocycles. The third-order valence-electron chi connectivity index (χ3n) is 5.59. The summed E-state index contributed by atoms with van der Waals surface area (Å²) in [5.74, 6) is -0.525. The molecule has 1 saturated heterocycles. The number of anilines is 2. The van der Waals surface area contributed by atoms with Gasteiger partial charge in [-0.25, -0.2) is 0 Å². The monoisotopic (exact) mass is 373 g/mol. The summed E-state index contributed by atoms with van der Waals surface area (Å²) in [7, 11) is 0. The van der Waals surface area contributed by atoms with Crippen molar-refractivity contribution in [1.29, 1.82) is 0 Å². The summed E-state index contributed by atoms with van der Waals surface area (Å²) in [6, 6.07) is 6.09. The number of aryl methyl sites for hydroxylation is 1. The molecule has 1 aromatic rings. The maximum Gasteiger partial charge on any atom is 0.228 e. The van der Waals surface area contributed by atoms with Crippen LogP contribution in [0.25, 0.3) is 0 Å². The van der Waals surface area contributed by atoms with Crippen molar-refractivity contribution < 1.29 is 14.3 Å². The molecule has 1 saturated carbocycles. The SMILES string of the molecule is CCN(CC)c1ccc(NC(=O)C2CC2C(=O)NCC2CCCO2)c(C)c1. The minimum absolute atomic E-state index is 0.0285. The normalized spacial score (nSPS) is 23.7. The summed E-state index contributed by atoms with van der Waals surface area (Å²) in [6.45, 7) is 9.49. The molecule has 3 unspecified atom stereocenters. The molecule has 6 heteroatoms. The minimum Gasteiger partial charge on any atom is -0.376 e. The van der Waals surface area contributed by atoms with Crippen molar-refractivity contribution in [3.8, 4) is 0 Å². The average Bonchev–Trinajstić information content (AvgIpc) is 3.30. The molecular weight excluding hydrogens is 342 g/mol. The van der Waals surface area contributed by atoms with E-state index in [-0.39, 0.29) is 29.8 Å². The van der Waals surface area contributed by atoms with Gasteiger partial charge in [-0.1, -0.05) is 0 Å². The van der Waals surface area contributed by atoms with Gasteiger partial charge in [0, 0.05) is 37.6 Å². The van der Waals surface area contributed by atoms with E-state index in [4.69, 9.17) is 4.74 Å². The number of benzene rings is 1. The summed E-state index contributed by atoms with van der Waals surface area (Å²) in [6.07, 6.45) is 2.81. The number of nitrogens with one attached hydrogen (secondary N) is 2. The van der Waals surface area contributed by atoms with E-state index in [2.05, 4.69) is 35.4 Å². The molecule has 0 spiro atoms. The molecule has 1 aromatic carbocycles. The Morgan fingerprint density at radius 3 is 2.56 bits per heavy atom. The van der Waals surface area contributed by atoms with Crippen LogP contribution in [0, 0.1) is 18.8 Å². The summed E-state index contributed by atoms with van der Waals surface area (Å²) in [5, 5.41) is 5.92. The first-order valence-electron chi connectivity index (χ1n) is 10.1. The fourth-order valence-electron chi connectivity index (χ4n) is 3.72. The van der Waals surface area contributed by atoms with Crippen LogP contribution < -0.4 is 15.5 Å². The van der Waals surface area contributed by atoms with Gasteiger partial charge >= 0.3 is 0 Å². The van der Waals surface area contributed by atoms with Crippen molar-refractivity contribution in [1.82, 2.24) is 5.32 Å². The van der Waals surface area contributed by atoms with E-state index in [1.807, 2.05) is 19.1 Å². The van der Waals surface area contributed by atoms with Crippen LogP contribution in [0.15, 0.2) is 18.2 Å². The highest BCUT2D eigenvalue weighted by Crippen LogP contribution is 2.40. The van der Waals surface area contributed by atoms with Gasteiger partial charge in [-0.2, -0.15) is 0 Å². The van der Waals surface area contributed by atoms with Crippen LogP contribution in [0.2, 0.25) is 0 Å². The van der Waals surface area contributed by atoms with Crippen LogP contribution in [0.1, 0.15) is 38.7 Å². The minimum atomic E-state index is -0.226. The van der Waals surface area contributed by atoms with Crippen LogP contribution in [-0.4, -0.2) is 44.2 Å². The summed E-state index contributed by atoms with van der Waals surface area (Å²) >= 11 is 0. The van der Waals surface area contributed by atoms with E-state index in [0.717, 1.165) is 49.5 Å². The molecule has 27 heavy (non-hydrogen) atoms. The van der Waals surface area contributed by atoms with E-state index in [9.17, 15) is 9.59 Å². The smallest absolute Gasteiger partial charge is 0.228 e. The molecule has 1 aliphatic carbocycles. The lowest BCUT2D eigenvalue weighted by molar-refractivity contribution is -0.125. The lowest BCUT2D eigenvalue weighted by Gasteiger charge is -2.22. The van der Waals surface area contributed by atoms with Gasteiger partial charge in [0.2, 0.25) is 11.8 Å². The third-order valence-corrected chi connectivity index (χ3v) is 5.59. The molecule has 2 N–H and O–H groups in total. The van der Waals surface area contributed by atoms with Gasteiger partial charge in [0.25, 0.3) is 0 Å². The highest BCUT2D eigenvalue weighted by Gasteiger charge is 2.48. The fraction of sp³-hybridized carbons (Fsp3) is 0.619. The van der Waals surface area contributed by atoms with Crippen LogP contribution in [0.4, 0.5) is 11.4 Å². The predicted octanol–water partition coefficient (Wildman–Crippen LogP) is 2.71. The Kier molecular flexibility index (Phi) is 6.37. The highest BCUT2D eigenvalue weighted by molar-refractivity contribution is 6.00. The topological polar surface area (TPSA) is 70.7 Å². The Balaban J connectivity index is 1.50. The van der Waals surface area contributed by atoms with Gasteiger partial charge in [-0.15, -0.1) is 0 Å². The maximum absolute atomic E-state index is 12.5. The van der Waals surface area contributed by atoms with Crippen molar-refractivity contribution in [3.63, 3.8) is 0 Å². The van der Waals surface area contributed by atoms with E-state index >= 15 is 0 Å². The number of hydrogen-bond donors (Lipinski definition) is 2. The Labute approximate surface area is 161 Å². The van der Waals surface area contributed by atoms with Gasteiger partial charge in [-0.05, 0) is 63.8 Å². The molecule has 148 valence electrons. The summed E-state index contributed by atoms with van der Waals surface area (Å²) < 4.78 is 5.52. The van der Waals surface area contributed by atoms with Crippen LogP contribution in [-0.2, 0) is 14.3 Å². The van der Waals surface area contributed by atoms with Crippen molar-refractivity contribution in [2.75, 3.05) is 36.5 Å². The lowest BCUT2D eigenvalue weighted by Crippen LogP contribution is -2.33. The standard InChI is InChI=1S/C21H31N3O3/c1-4-24(5-2)15-8-9-19(14(3)11-15)23-21(26)18-12-17(18)20(25)22-13-16-7-6-10-27-16/h8-9,11,16-18H,4-7,10,12-13H2,1-3H3,(H,22,25)(H,23,26). The molecule has 6 nitrogen and oxygen atoms in total. The Bertz CT molecular complexity index is 681. The zero-order valence-electron chi connectivity index (χ0n) is 16.6. The van der Waals surface area contributed by atoms with Gasteiger partial charge in [0.1, 0.15) is 0 Å². The second-order valence-corrected chi connectivity index (χ2v) is 7.49. The van der Waals surface area contributed by atoms with Crippen LogP contribution >= 0.6 is 0 Å². The second kappa shape index (κ2) is 8.74. The molecule has 0 radical (unpaired) electrons. The molecular formula is C21H31N3O3. The molecule has 3 atom stereocenters. The lowest BCUT2D eigenvalue weighted by atomic mass is 10.1. The molecule has 2 aliphatic rings. The van der Waals surface area contributed by atoms with E-state index in [1.165, 1.54) is 0 Å². The van der Waals surface area contributed by atoms with Gasteiger partial charge in [-0.3, -0.25) is 9.59 Å². The zero-order valence-corrected chi connectivity index (χ0v) is 16.6. The first kappa shape index (κ1) is 19.7. The van der Waals surface area contributed by atoms with Crippen molar-refractivity contribution in [3.05, 3.63) is 23.8 Å². The number of ether oxygens (including phenoxy) is 1. The maximum atomic E-state index is 12.5. The number of hydrogen-bond acceptors (Lipinski definition) is 4. The predicted molar refractivity (Wildman–Crippen MR) is 107 cm³/mol. The first-order chi connectivity index (χ1) is 13.0. The van der Waals surface area contributed by atoms with E-state index in [0.29, 0.717) is 13.0 Å². The van der Waals surface area contributed by atoms with Crippen molar-refractivity contribution >= 4 is 23.2 Å².